The number of rotatable bonds is 34. The number of aromatic nitrogens is 2. The molecule has 11 N–H and O–H groups in total. The number of nitrogens with one attached hydrogen (secondary N) is 4. The second kappa shape index (κ2) is 29.9. The maximum absolute atomic E-state index is 13.9. The van der Waals surface area contributed by atoms with E-state index in [2.05, 4.69) is 37.8 Å². The third-order valence-corrected chi connectivity index (χ3v) is 9.82. The summed E-state index contributed by atoms with van der Waals surface area (Å²) in [5.74, 6) is -4.47. The number of H-pyrrole nitrogens is 1. The Morgan fingerprint density at radius 2 is 1.36 bits per heavy atom. The van der Waals surface area contributed by atoms with Gasteiger partial charge in [-0.2, -0.15) is 0 Å². The average molecular weight is 790 g/mol. The molecular formula is C40H71N9O7. The highest BCUT2D eigenvalue weighted by atomic mass is 16.3. The highest BCUT2D eigenvalue weighted by molar-refractivity contribution is 5.96. The number of aromatic amines is 1. The van der Waals surface area contributed by atoms with Crippen molar-refractivity contribution in [2.45, 2.75) is 180 Å². The van der Waals surface area contributed by atoms with Gasteiger partial charge in [-0.3, -0.25) is 33.8 Å². The van der Waals surface area contributed by atoms with Crippen LogP contribution in [0.5, 0.6) is 0 Å². The molecule has 16 heteroatoms. The van der Waals surface area contributed by atoms with Crippen LogP contribution in [-0.4, -0.2) is 87.0 Å². The number of aliphatic hydroxyl groups is 1. The van der Waals surface area contributed by atoms with E-state index in [1.54, 1.807) is 13.1 Å². The maximum Gasteiger partial charge on any atom is 0.243 e. The number of carbonyl (C=O) groups is 6. The smallest absolute Gasteiger partial charge is 0.243 e. The van der Waals surface area contributed by atoms with Crippen molar-refractivity contribution in [3.63, 3.8) is 0 Å². The third-order valence-electron chi connectivity index (χ3n) is 9.82. The molecule has 0 aliphatic carbocycles. The molecule has 0 saturated heterocycles. The molecule has 0 aromatic carbocycles. The largest absolute Gasteiger partial charge is 0.391 e. The number of aliphatic hydroxyl groups excluding tert-OH is 1. The van der Waals surface area contributed by atoms with E-state index in [4.69, 9.17) is 17.2 Å². The first-order valence-electron chi connectivity index (χ1n) is 20.7. The number of carbonyl (C=O) groups excluding carboxylic acids is 6. The van der Waals surface area contributed by atoms with Crippen LogP contribution in [0, 0.1) is 5.92 Å². The summed E-state index contributed by atoms with van der Waals surface area (Å²) in [6.45, 7) is 5.35. The number of hydrogen-bond acceptors (Lipinski definition) is 9. The van der Waals surface area contributed by atoms with Crippen LogP contribution in [0.25, 0.3) is 0 Å². The van der Waals surface area contributed by atoms with Gasteiger partial charge in [-0.25, -0.2) is 4.98 Å². The Morgan fingerprint density at radius 1 is 0.750 bits per heavy atom. The van der Waals surface area contributed by atoms with Gasteiger partial charge >= 0.3 is 0 Å². The Labute approximate surface area is 333 Å². The standard InChI is InChI=1S/C40H71N9O7/c1-4-6-7-8-9-10-11-12-13-14-15-16-17-20-36(54)47-32(25-30-26-44-27-46-30)39(56)48-31(19-18-23-45-40(42)43)34(52)24-29(21-22-35(41)53)38(55)49-37(28(3)50)33(51)5-2/h26-29,31-32,37,50H,4-25H2,1-3H3,(H2,41,53)(H,44,46)(H,47,54)(H,48,56)(H,49,55)(H4,42,43,45)/t28-,29-,31+,32+,37+/m1/s1. The zero-order valence-corrected chi connectivity index (χ0v) is 34.1. The van der Waals surface area contributed by atoms with Crippen molar-refractivity contribution in [1.29, 1.82) is 0 Å². The third kappa shape index (κ3) is 22.9. The van der Waals surface area contributed by atoms with E-state index in [1.807, 2.05) is 0 Å². The van der Waals surface area contributed by atoms with Gasteiger partial charge in [0.15, 0.2) is 17.5 Å². The molecule has 0 bridgehead atoms. The minimum absolute atomic E-state index is 0.0558. The van der Waals surface area contributed by atoms with Crippen molar-refractivity contribution < 1.29 is 33.9 Å². The van der Waals surface area contributed by atoms with Crippen molar-refractivity contribution in [2.24, 2.45) is 28.1 Å². The first-order valence-corrected chi connectivity index (χ1v) is 20.7. The number of hydrogen-bond donors (Lipinski definition) is 8. The lowest BCUT2D eigenvalue weighted by molar-refractivity contribution is -0.135. The van der Waals surface area contributed by atoms with Crippen molar-refractivity contribution in [1.82, 2.24) is 25.9 Å². The number of guanidine groups is 1. The molecular weight excluding hydrogens is 718 g/mol. The number of imidazole rings is 1. The number of nitrogens with zero attached hydrogens (tertiary/aromatic N) is 2. The molecule has 56 heavy (non-hydrogen) atoms. The minimum atomic E-state index is -1.21. The van der Waals surface area contributed by atoms with Crippen LogP contribution in [0.3, 0.4) is 0 Å². The second-order valence-corrected chi connectivity index (χ2v) is 14.8. The molecule has 0 aliphatic heterocycles. The number of unbranched alkanes of at least 4 members (excludes halogenated alkanes) is 12. The predicted octanol–water partition coefficient (Wildman–Crippen LogP) is 3.14. The molecule has 0 spiro atoms. The van der Waals surface area contributed by atoms with E-state index in [9.17, 15) is 33.9 Å². The highest BCUT2D eigenvalue weighted by Crippen LogP contribution is 2.18. The van der Waals surface area contributed by atoms with Crippen molar-refractivity contribution in [2.75, 3.05) is 6.54 Å². The number of aliphatic imine (C=N–C) groups is 1. The van der Waals surface area contributed by atoms with Crippen molar-refractivity contribution in [3.8, 4) is 0 Å². The molecule has 1 rings (SSSR count). The summed E-state index contributed by atoms with van der Waals surface area (Å²) in [6, 6.07) is -3.37. The van der Waals surface area contributed by atoms with Crippen LogP contribution in [0.2, 0.25) is 0 Å². The predicted molar refractivity (Wildman–Crippen MR) is 217 cm³/mol. The lowest BCUT2D eigenvalue weighted by atomic mass is 9.91. The summed E-state index contributed by atoms with van der Waals surface area (Å²) in [5, 5.41) is 18.3. The summed E-state index contributed by atoms with van der Waals surface area (Å²) >= 11 is 0. The fraction of sp³-hybridized carbons (Fsp3) is 0.750. The summed E-state index contributed by atoms with van der Waals surface area (Å²) in [7, 11) is 0. The zero-order valence-electron chi connectivity index (χ0n) is 34.1. The second-order valence-electron chi connectivity index (χ2n) is 14.8. The van der Waals surface area contributed by atoms with Gasteiger partial charge in [-0.15, -0.1) is 0 Å². The van der Waals surface area contributed by atoms with E-state index >= 15 is 0 Å². The fourth-order valence-electron chi connectivity index (χ4n) is 6.47. The lowest BCUT2D eigenvalue weighted by Crippen LogP contribution is -2.53. The molecule has 1 heterocycles. The summed E-state index contributed by atoms with van der Waals surface area (Å²) in [6.07, 6.45) is 17.2. The molecule has 4 amide bonds. The number of primary amides is 1. The molecule has 318 valence electrons. The Morgan fingerprint density at radius 3 is 1.88 bits per heavy atom. The van der Waals surface area contributed by atoms with Crippen LogP contribution in [0.4, 0.5) is 0 Å². The van der Waals surface area contributed by atoms with Crippen LogP contribution in [-0.2, 0) is 35.2 Å². The normalized spacial score (nSPS) is 13.8. The molecule has 0 aliphatic rings. The molecule has 5 atom stereocenters. The van der Waals surface area contributed by atoms with Crippen molar-refractivity contribution >= 4 is 41.2 Å². The van der Waals surface area contributed by atoms with Crippen molar-refractivity contribution in [3.05, 3.63) is 18.2 Å². The van der Waals surface area contributed by atoms with Gasteiger partial charge in [0, 0.05) is 56.5 Å². The summed E-state index contributed by atoms with van der Waals surface area (Å²) in [4.78, 5) is 89.2. The summed E-state index contributed by atoms with van der Waals surface area (Å²) < 4.78 is 0. The van der Waals surface area contributed by atoms with Gasteiger partial charge in [0.05, 0.1) is 18.5 Å². The van der Waals surface area contributed by atoms with Crippen LogP contribution >= 0.6 is 0 Å². The topological polar surface area (TPSA) is 278 Å². The Kier molecular flexibility index (Phi) is 26.5. The van der Waals surface area contributed by atoms with E-state index < -0.39 is 65.9 Å². The Hall–Kier alpha value is -4.34. The van der Waals surface area contributed by atoms with E-state index in [-0.39, 0.29) is 56.9 Å². The van der Waals surface area contributed by atoms with Gasteiger partial charge in [0.1, 0.15) is 12.1 Å². The fourth-order valence-corrected chi connectivity index (χ4v) is 6.47. The molecule has 0 fully saturated rings. The van der Waals surface area contributed by atoms with Crippen LogP contribution in [0.15, 0.2) is 17.5 Å². The first kappa shape index (κ1) is 49.7. The number of nitrogens with two attached hydrogens (primary N) is 3. The highest BCUT2D eigenvalue weighted by Gasteiger charge is 2.33. The number of amides is 4. The molecule has 0 unspecified atom stereocenters. The maximum atomic E-state index is 13.9. The minimum Gasteiger partial charge on any atom is -0.391 e. The molecule has 1 aromatic heterocycles. The quantitative estimate of drug-likeness (QED) is 0.0287. The Bertz CT molecular complexity index is 1330. The van der Waals surface area contributed by atoms with E-state index in [1.165, 1.54) is 71.0 Å². The average Bonchev–Trinajstić information content (AvgIpc) is 3.67. The monoisotopic (exact) mass is 790 g/mol. The lowest BCUT2D eigenvalue weighted by Gasteiger charge is -2.26. The van der Waals surface area contributed by atoms with Gasteiger partial charge in [0.2, 0.25) is 23.6 Å². The number of Topliss-reactive ketones (excluding diaryl/α,β-unsaturated/α-hetero) is 2. The van der Waals surface area contributed by atoms with Gasteiger partial charge < -0.3 is 43.2 Å². The zero-order chi connectivity index (χ0) is 41.7. The Balaban J connectivity index is 2.97. The van der Waals surface area contributed by atoms with Crippen LogP contribution < -0.4 is 33.2 Å². The van der Waals surface area contributed by atoms with E-state index in [0.29, 0.717) is 18.5 Å². The molecule has 0 saturated carbocycles. The van der Waals surface area contributed by atoms with E-state index in [0.717, 1.165) is 19.3 Å². The van der Waals surface area contributed by atoms with Gasteiger partial charge in [0.25, 0.3) is 0 Å². The number of ketones is 2. The van der Waals surface area contributed by atoms with Gasteiger partial charge in [-0.05, 0) is 32.6 Å². The molecule has 1 aromatic rings. The molecule has 0 radical (unpaired) electrons. The van der Waals surface area contributed by atoms with Crippen LogP contribution in [0.1, 0.15) is 155 Å². The summed E-state index contributed by atoms with van der Waals surface area (Å²) in [5.41, 5.74) is 16.9. The first-order chi connectivity index (χ1) is 26.8. The SMILES string of the molecule is CCCCCCCCCCCCCCCC(=O)N[C@@H](Cc1cnc[nH]1)C(=O)N[C@@H](CCCN=C(N)N)C(=O)C[C@@H](CCC(N)=O)C(=O)N[C@H](C(=O)CC)[C@@H](C)O. The molecule has 16 nitrogen and oxygen atoms in total. The van der Waals surface area contributed by atoms with Gasteiger partial charge in [-0.1, -0.05) is 90.9 Å².